The van der Waals surface area contributed by atoms with Crippen LogP contribution in [0.25, 0.3) is 11.0 Å². The van der Waals surface area contributed by atoms with E-state index >= 15 is 0 Å². The standard InChI is InChI=1S/C22H21NO6/c24-20(23-13-17-7-4-10-27-17)18-11-15-8-9-16(12-19(15)29-22(18)26)28-21(25)14-5-2-1-3-6-14/h4,7-12,14H,1-3,5-6,13H2,(H,23,24). The van der Waals surface area contributed by atoms with Crippen LogP contribution < -0.4 is 15.7 Å². The van der Waals surface area contributed by atoms with Crippen molar-refractivity contribution in [3.63, 3.8) is 0 Å². The Morgan fingerprint density at radius 1 is 1.10 bits per heavy atom. The first kappa shape index (κ1) is 19.0. The summed E-state index contributed by atoms with van der Waals surface area (Å²) in [5.41, 5.74) is -0.604. The minimum atomic E-state index is -0.759. The van der Waals surface area contributed by atoms with Crippen molar-refractivity contribution in [3.8, 4) is 5.75 Å². The maximum absolute atomic E-state index is 12.3. The molecule has 0 radical (unpaired) electrons. The minimum absolute atomic E-state index is 0.0771. The highest BCUT2D eigenvalue weighted by Gasteiger charge is 2.23. The van der Waals surface area contributed by atoms with Gasteiger partial charge in [-0.25, -0.2) is 4.79 Å². The third-order valence-corrected chi connectivity index (χ3v) is 5.11. The SMILES string of the molecule is O=C(NCc1ccco1)c1cc2ccc(OC(=O)C3CCCCC3)cc2oc1=O. The molecule has 1 aliphatic carbocycles. The highest BCUT2D eigenvalue weighted by atomic mass is 16.5. The summed E-state index contributed by atoms with van der Waals surface area (Å²) in [5.74, 6) is 0.0241. The zero-order chi connectivity index (χ0) is 20.2. The molecule has 1 aliphatic rings. The Morgan fingerprint density at radius 3 is 2.69 bits per heavy atom. The van der Waals surface area contributed by atoms with Gasteiger partial charge in [0.05, 0.1) is 18.7 Å². The highest BCUT2D eigenvalue weighted by Crippen LogP contribution is 2.27. The Balaban J connectivity index is 1.49. The van der Waals surface area contributed by atoms with Crippen LogP contribution in [0.5, 0.6) is 5.75 Å². The first-order chi connectivity index (χ1) is 14.1. The second kappa shape index (κ2) is 8.34. The molecule has 0 spiro atoms. The summed E-state index contributed by atoms with van der Waals surface area (Å²) < 4.78 is 15.9. The summed E-state index contributed by atoms with van der Waals surface area (Å²) >= 11 is 0. The summed E-state index contributed by atoms with van der Waals surface area (Å²) in [6, 6.07) is 9.69. The third-order valence-electron chi connectivity index (χ3n) is 5.11. The molecule has 1 amide bonds. The molecule has 7 nitrogen and oxygen atoms in total. The van der Waals surface area contributed by atoms with Crippen LogP contribution in [-0.4, -0.2) is 11.9 Å². The van der Waals surface area contributed by atoms with Crippen molar-refractivity contribution < 1.29 is 23.2 Å². The van der Waals surface area contributed by atoms with Gasteiger partial charge in [0.25, 0.3) is 5.91 Å². The molecule has 1 saturated carbocycles. The monoisotopic (exact) mass is 395 g/mol. The van der Waals surface area contributed by atoms with Gasteiger partial charge in [-0.1, -0.05) is 19.3 Å². The van der Waals surface area contributed by atoms with Crippen LogP contribution in [0, 0.1) is 5.92 Å². The lowest BCUT2D eigenvalue weighted by Gasteiger charge is -2.19. The zero-order valence-electron chi connectivity index (χ0n) is 15.8. The molecular weight excluding hydrogens is 374 g/mol. The predicted molar refractivity (Wildman–Crippen MR) is 105 cm³/mol. The van der Waals surface area contributed by atoms with Gasteiger partial charge in [-0.2, -0.15) is 0 Å². The number of furan rings is 1. The van der Waals surface area contributed by atoms with Crippen LogP contribution in [0.15, 0.2) is 56.3 Å². The van der Waals surface area contributed by atoms with Gasteiger partial charge >= 0.3 is 11.6 Å². The number of ether oxygens (including phenoxy) is 1. The molecule has 2 aromatic heterocycles. The molecule has 7 heteroatoms. The quantitative estimate of drug-likeness (QED) is 0.401. The summed E-state index contributed by atoms with van der Waals surface area (Å²) in [6.07, 6.45) is 6.43. The smallest absolute Gasteiger partial charge is 0.349 e. The Morgan fingerprint density at radius 2 is 1.93 bits per heavy atom. The van der Waals surface area contributed by atoms with Gasteiger partial charge in [0.1, 0.15) is 22.7 Å². The normalized spacial score (nSPS) is 14.6. The third kappa shape index (κ3) is 4.39. The van der Waals surface area contributed by atoms with E-state index < -0.39 is 11.5 Å². The number of amides is 1. The highest BCUT2D eigenvalue weighted by molar-refractivity contribution is 5.96. The second-order valence-electron chi connectivity index (χ2n) is 7.17. The molecule has 150 valence electrons. The van der Waals surface area contributed by atoms with E-state index in [1.54, 1.807) is 24.3 Å². The number of benzene rings is 1. The number of esters is 1. The fourth-order valence-corrected chi connectivity index (χ4v) is 3.53. The number of nitrogens with one attached hydrogen (secondary N) is 1. The lowest BCUT2D eigenvalue weighted by Crippen LogP contribution is -2.27. The Hall–Kier alpha value is -3.35. The van der Waals surface area contributed by atoms with Gasteiger partial charge in [-0.05, 0) is 43.2 Å². The Kier molecular flexibility index (Phi) is 5.46. The average Bonchev–Trinajstić information content (AvgIpc) is 3.26. The topological polar surface area (TPSA) is 98.8 Å². The van der Waals surface area contributed by atoms with E-state index in [-0.39, 0.29) is 29.6 Å². The molecule has 0 saturated heterocycles. The van der Waals surface area contributed by atoms with Crippen molar-refractivity contribution in [2.75, 3.05) is 0 Å². The number of carbonyl (C=O) groups excluding carboxylic acids is 2. The van der Waals surface area contributed by atoms with Gasteiger partial charge in [0, 0.05) is 11.5 Å². The van der Waals surface area contributed by atoms with E-state index in [1.165, 1.54) is 18.4 Å². The average molecular weight is 395 g/mol. The minimum Gasteiger partial charge on any atom is -0.467 e. The van der Waals surface area contributed by atoms with E-state index in [4.69, 9.17) is 13.6 Å². The molecule has 2 heterocycles. The van der Waals surface area contributed by atoms with Crippen LogP contribution in [-0.2, 0) is 11.3 Å². The fraction of sp³-hybridized carbons (Fsp3) is 0.318. The first-order valence-corrected chi connectivity index (χ1v) is 9.70. The van der Waals surface area contributed by atoms with Crippen molar-refractivity contribution in [2.45, 2.75) is 38.6 Å². The molecule has 0 bridgehead atoms. The molecule has 1 aromatic carbocycles. The van der Waals surface area contributed by atoms with Gasteiger partial charge in [0.2, 0.25) is 0 Å². The predicted octanol–water partition coefficient (Wildman–Crippen LogP) is 3.80. The number of carbonyl (C=O) groups is 2. The van der Waals surface area contributed by atoms with Crippen molar-refractivity contribution in [1.82, 2.24) is 5.32 Å². The second-order valence-corrected chi connectivity index (χ2v) is 7.17. The van der Waals surface area contributed by atoms with Crippen LogP contribution in [0.4, 0.5) is 0 Å². The lowest BCUT2D eigenvalue weighted by molar-refractivity contribution is -0.139. The summed E-state index contributed by atoms with van der Waals surface area (Å²) in [6.45, 7) is 0.166. The van der Waals surface area contributed by atoms with Crippen molar-refractivity contribution >= 4 is 22.8 Å². The molecule has 4 rings (SSSR count). The largest absolute Gasteiger partial charge is 0.467 e. The molecule has 0 aliphatic heterocycles. The molecule has 0 unspecified atom stereocenters. The summed E-state index contributed by atoms with van der Waals surface area (Å²) in [7, 11) is 0. The summed E-state index contributed by atoms with van der Waals surface area (Å²) in [5, 5.41) is 3.18. The maximum Gasteiger partial charge on any atom is 0.349 e. The van der Waals surface area contributed by atoms with Gasteiger partial charge < -0.3 is 18.9 Å². The van der Waals surface area contributed by atoms with Crippen molar-refractivity contribution in [2.24, 2.45) is 5.92 Å². The molecule has 0 atom stereocenters. The molecule has 29 heavy (non-hydrogen) atoms. The van der Waals surface area contributed by atoms with E-state index in [9.17, 15) is 14.4 Å². The summed E-state index contributed by atoms with van der Waals surface area (Å²) in [4.78, 5) is 36.9. The number of rotatable bonds is 5. The molecule has 1 N–H and O–H groups in total. The van der Waals surface area contributed by atoms with E-state index in [0.29, 0.717) is 16.9 Å². The maximum atomic E-state index is 12.3. The van der Waals surface area contributed by atoms with Gasteiger partial charge in [0.15, 0.2) is 0 Å². The van der Waals surface area contributed by atoms with E-state index in [0.717, 1.165) is 32.1 Å². The van der Waals surface area contributed by atoms with Crippen LogP contribution in [0.1, 0.15) is 48.2 Å². The van der Waals surface area contributed by atoms with Crippen LogP contribution in [0.2, 0.25) is 0 Å². The van der Waals surface area contributed by atoms with Gasteiger partial charge in [-0.15, -0.1) is 0 Å². The Labute approximate surface area is 166 Å². The lowest BCUT2D eigenvalue weighted by atomic mass is 9.89. The fourth-order valence-electron chi connectivity index (χ4n) is 3.53. The van der Waals surface area contributed by atoms with Crippen molar-refractivity contribution in [3.05, 3.63) is 64.4 Å². The zero-order valence-corrected chi connectivity index (χ0v) is 15.8. The van der Waals surface area contributed by atoms with Crippen LogP contribution in [0.3, 0.4) is 0 Å². The van der Waals surface area contributed by atoms with E-state index in [1.807, 2.05) is 0 Å². The van der Waals surface area contributed by atoms with Crippen LogP contribution >= 0.6 is 0 Å². The Bertz CT molecular complexity index is 1080. The molecular formula is C22H21NO6. The van der Waals surface area contributed by atoms with Gasteiger partial charge in [-0.3, -0.25) is 9.59 Å². The molecule has 1 fully saturated rings. The van der Waals surface area contributed by atoms with E-state index in [2.05, 4.69) is 5.32 Å². The van der Waals surface area contributed by atoms with Crippen molar-refractivity contribution in [1.29, 1.82) is 0 Å². The first-order valence-electron chi connectivity index (χ1n) is 9.70. The number of hydrogen-bond acceptors (Lipinski definition) is 6. The number of hydrogen-bond donors (Lipinski definition) is 1. The molecule has 3 aromatic rings. The number of fused-ring (bicyclic) bond motifs is 1.